The van der Waals surface area contributed by atoms with Crippen LogP contribution in [0.3, 0.4) is 0 Å². The van der Waals surface area contributed by atoms with E-state index in [1.165, 1.54) is 6.07 Å². The van der Waals surface area contributed by atoms with Crippen LogP contribution in [0, 0.1) is 0 Å². The van der Waals surface area contributed by atoms with Gasteiger partial charge in [-0.05, 0) is 37.1 Å². The molecule has 0 radical (unpaired) electrons. The maximum Gasteiger partial charge on any atom is 0.242 e. The monoisotopic (exact) mass is 368 g/mol. The average Bonchev–Trinajstić information content (AvgIpc) is 2.38. The highest BCUT2D eigenvalue weighted by molar-refractivity contribution is 9.10. The molecule has 0 fully saturated rings. The number of hydrogen-bond acceptors (Lipinski definition) is 3. The fraction of sp³-hybridized carbons (Fsp3) is 0.200. The third-order valence-corrected chi connectivity index (χ3v) is 5.16. The van der Waals surface area contributed by atoms with Crippen LogP contribution in [0.15, 0.2) is 57.9 Å². The lowest BCUT2D eigenvalue weighted by Crippen LogP contribution is -2.34. The lowest BCUT2D eigenvalue weighted by Gasteiger charge is -2.15. The summed E-state index contributed by atoms with van der Waals surface area (Å²) in [5.41, 5.74) is 7.09. The average molecular weight is 369 g/mol. The van der Waals surface area contributed by atoms with Crippen molar-refractivity contribution in [1.82, 2.24) is 4.72 Å². The second-order valence-corrected chi connectivity index (χ2v) is 7.49. The molecule has 0 aromatic heterocycles. The Kier molecular flexibility index (Phi) is 5.03. The summed E-state index contributed by atoms with van der Waals surface area (Å²) in [5, 5.41) is 0. The minimum Gasteiger partial charge on any atom is -0.398 e. The summed E-state index contributed by atoms with van der Waals surface area (Å²) < 4.78 is 28.1. The predicted molar refractivity (Wildman–Crippen MR) is 88.5 cm³/mol. The first kappa shape index (κ1) is 16.0. The van der Waals surface area contributed by atoms with Crippen LogP contribution < -0.4 is 10.5 Å². The SMILES string of the molecule is CC(Cc1ccccc1)NS(=O)(=O)c1ccc(Br)cc1N. The molecule has 0 heterocycles. The van der Waals surface area contributed by atoms with E-state index in [0.29, 0.717) is 6.42 Å². The van der Waals surface area contributed by atoms with Gasteiger partial charge in [0.1, 0.15) is 4.90 Å². The molecule has 0 aliphatic heterocycles. The van der Waals surface area contributed by atoms with E-state index in [2.05, 4.69) is 20.7 Å². The Morgan fingerprint density at radius 3 is 2.48 bits per heavy atom. The summed E-state index contributed by atoms with van der Waals surface area (Å²) in [7, 11) is -3.62. The Morgan fingerprint density at radius 1 is 1.19 bits per heavy atom. The first-order valence-electron chi connectivity index (χ1n) is 6.50. The molecule has 2 rings (SSSR count). The van der Waals surface area contributed by atoms with Crippen molar-refractivity contribution >= 4 is 31.6 Å². The Hall–Kier alpha value is -1.37. The van der Waals surface area contributed by atoms with Crippen LogP contribution in [0.1, 0.15) is 12.5 Å². The van der Waals surface area contributed by atoms with Gasteiger partial charge in [-0.1, -0.05) is 46.3 Å². The Morgan fingerprint density at radius 2 is 1.86 bits per heavy atom. The summed E-state index contributed by atoms with van der Waals surface area (Å²) in [6.07, 6.45) is 0.622. The van der Waals surface area contributed by atoms with Crippen molar-refractivity contribution in [3.05, 3.63) is 58.6 Å². The molecular formula is C15H17BrN2O2S. The lowest BCUT2D eigenvalue weighted by molar-refractivity contribution is 0.560. The molecule has 21 heavy (non-hydrogen) atoms. The van der Waals surface area contributed by atoms with Gasteiger partial charge in [-0.15, -0.1) is 0 Å². The third-order valence-electron chi connectivity index (χ3n) is 3.00. The number of benzene rings is 2. The van der Waals surface area contributed by atoms with Crippen molar-refractivity contribution in [2.24, 2.45) is 0 Å². The van der Waals surface area contributed by atoms with Gasteiger partial charge < -0.3 is 5.73 Å². The number of anilines is 1. The van der Waals surface area contributed by atoms with Crippen molar-refractivity contribution < 1.29 is 8.42 Å². The first-order chi connectivity index (χ1) is 9.88. The van der Waals surface area contributed by atoms with Crippen LogP contribution in [0.5, 0.6) is 0 Å². The molecule has 0 aliphatic rings. The second-order valence-electron chi connectivity index (χ2n) is 4.89. The number of nitrogens with one attached hydrogen (secondary N) is 1. The molecule has 1 atom stereocenters. The van der Waals surface area contributed by atoms with E-state index in [-0.39, 0.29) is 16.6 Å². The topological polar surface area (TPSA) is 72.2 Å². The minimum absolute atomic E-state index is 0.102. The van der Waals surface area contributed by atoms with Crippen molar-refractivity contribution in [2.45, 2.75) is 24.3 Å². The van der Waals surface area contributed by atoms with E-state index >= 15 is 0 Å². The zero-order valence-electron chi connectivity index (χ0n) is 11.6. The Bertz CT molecular complexity index is 718. The van der Waals surface area contributed by atoms with E-state index in [0.717, 1.165) is 10.0 Å². The Balaban J connectivity index is 2.13. The molecule has 0 bridgehead atoms. The maximum atomic E-state index is 12.4. The zero-order valence-corrected chi connectivity index (χ0v) is 14.0. The summed E-state index contributed by atoms with van der Waals surface area (Å²) in [5.74, 6) is 0. The predicted octanol–water partition coefficient (Wildman–Crippen LogP) is 2.94. The van der Waals surface area contributed by atoms with Gasteiger partial charge in [0, 0.05) is 10.5 Å². The quantitative estimate of drug-likeness (QED) is 0.796. The standard InChI is InChI=1S/C15H17BrN2O2S/c1-11(9-12-5-3-2-4-6-12)18-21(19,20)15-8-7-13(16)10-14(15)17/h2-8,10-11,18H,9,17H2,1H3. The van der Waals surface area contributed by atoms with Gasteiger partial charge in [-0.3, -0.25) is 0 Å². The molecule has 0 aliphatic carbocycles. The van der Waals surface area contributed by atoms with E-state index < -0.39 is 10.0 Å². The molecule has 6 heteroatoms. The van der Waals surface area contributed by atoms with E-state index in [1.807, 2.05) is 37.3 Å². The summed E-state index contributed by atoms with van der Waals surface area (Å²) in [4.78, 5) is 0.102. The molecule has 2 aromatic carbocycles. The third kappa shape index (κ3) is 4.30. The van der Waals surface area contributed by atoms with Gasteiger partial charge in [0.25, 0.3) is 0 Å². The molecule has 3 N–H and O–H groups in total. The molecule has 4 nitrogen and oxygen atoms in total. The highest BCUT2D eigenvalue weighted by Gasteiger charge is 2.20. The van der Waals surface area contributed by atoms with Crippen molar-refractivity contribution in [1.29, 1.82) is 0 Å². The van der Waals surface area contributed by atoms with Crippen LogP contribution in [-0.4, -0.2) is 14.5 Å². The maximum absolute atomic E-state index is 12.4. The van der Waals surface area contributed by atoms with Gasteiger partial charge in [-0.25, -0.2) is 13.1 Å². The summed E-state index contributed by atoms with van der Waals surface area (Å²) in [6.45, 7) is 1.83. The molecule has 2 aromatic rings. The summed E-state index contributed by atoms with van der Waals surface area (Å²) in [6, 6.07) is 14.3. The lowest BCUT2D eigenvalue weighted by atomic mass is 10.1. The Labute approximate surface area is 133 Å². The van der Waals surface area contributed by atoms with E-state index in [4.69, 9.17) is 5.73 Å². The van der Waals surface area contributed by atoms with Crippen LogP contribution in [-0.2, 0) is 16.4 Å². The zero-order chi connectivity index (χ0) is 15.5. The highest BCUT2D eigenvalue weighted by Crippen LogP contribution is 2.23. The van der Waals surface area contributed by atoms with E-state index in [9.17, 15) is 8.42 Å². The largest absolute Gasteiger partial charge is 0.398 e. The number of halogens is 1. The summed E-state index contributed by atoms with van der Waals surface area (Å²) >= 11 is 3.26. The molecule has 112 valence electrons. The molecule has 0 saturated carbocycles. The molecular weight excluding hydrogens is 352 g/mol. The van der Waals surface area contributed by atoms with Gasteiger partial charge >= 0.3 is 0 Å². The number of nitrogens with two attached hydrogens (primary N) is 1. The fourth-order valence-corrected chi connectivity index (χ4v) is 3.84. The van der Waals surface area contributed by atoms with Crippen LogP contribution in [0.25, 0.3) is 0 Å². The van der Waals surface area contributed by atoms with Gasteiger partial charge in [0.2, 0.25) is 10.0 Å². The van der Waals surface area contributed by atoms with Gasteiger partial charge in [0.15, 0.2) is 0 Å². The molecule has 0 saturated heterocycles. The fourth-order valence-electron chi connectivity index (χ4n) is 2.10. The first-order valence-corrected chi connectivity index (χ1v) is 8.77. The molecule has 0 spiro atoms. The van der Waals surface area contributed by atoms with Crippen LogP contribution in [0.4, 0.5) is 5.69 Å². The number of hydrogen-bond donors (Lipinski definition) is 2. The molecule has 0 amide bonds. The minimum atomic E-state index is -3.62. The van der Waals surface area contributed by atoms with Crippen molar-refractivity contribution in [3.8, 4) is 0 Å². The number of nitrogen functional groups attached to an aromatic ring is 1. The number of rotatable bonds is 5. The number of sulfonamides is 1. The van der Waals surface area contributed by atoms with Crippen LogP contribution in [0.2, 0.25) is 0 Å². The second kappa shape index (κ2) is 6.60. The van der Waals surface area contributed by atoms with Crippen molar-refractivity contribution in [3.63, 3.8) is 0 Å². The molecule has 1 unspecified atom stereocenters. The van der Waals surface area contributed by atoms with Gasteiger partial charge in [0.05, 0.1) is 5.69 Å². The van der Waals surface area contributed by atoms with Gasteiger partial charge in [-0.2, -0.15) is 0 Å². The smallest absolute Gasteiger partial charge is 0.242 e. The normalized spacial score (nSPS) is 13.0. The van der Waals surface area contributed by atoms with E-state index in [1.54, 1.807) is 12.1 Å². The van der Waals surface area contributed by atoms with Crippen LogP contribution >= 0.6 is 15.9 Å². The highest BCUT2D eigenvalue weighted by atomic mass is 79.9. The van der Waals surface area contributed by atoms with Crippen molar-refractivity contribution in [2.75, 3.05) is 5.73 Å².